The molecule has 3 N–H and O–H groups in total. The van der Waals surface area contributed by atoms with E-state index in [1.165, 1.54) is 0 Å². The van der Waals surface area contributed by atoms with Crippen LogP contribution in [0.15, 0.2) is 0 Å². The van der Waals surface area contributed by atoms with Crippen LogP contribution >= 0.6 is 0 Å². The largest absolute Gasteiger partial charge is 0.480 e. The first-order valence-corrected chi connectivity index (χ1v) is 4.93. The van der Waals surface area contributed by atoms with Gasteiger partial charge in [-0.15, -0.1) is 0 Å². The summed E-state index contributed by atoms with van der Waals surface area (Å²) in [6.07, 6.45) is 0. The molecule has 0 amide bonds. The highest BCUT2D eigenvalue weighted by Gasteiger charge is 2.30. The third-order valence-electron chi connectivity index (χ3n) is 2.86. The van der Waals surface area contributed by atoms with Crippen molar-refractivity contribution in [3.8, 4) is 0 Å². The summed E-state index contributed by atoms with van der Waals surface area (Å²) in [5, 5.41) is 8.92. The maximum Gasteiger partial charge on any atom is 0.320 e. The molecule has 0 radical (unpaired) electrons. The van der Waals surface area contributed by atoms with Gasteiger partial charge in [-0.1, -0.05) is 0 Å². The second-order valence-electron chi connectivity index (χ2n) is 3.90. The molecule has 0 spiro atoms. The number of piperazine rings is 1. The molecule has 0 aliphatic carbocycles. The van der Waals surface area contributed by atoms with Gasteiger partial charge in [0.15, 0.2) is 0 Å². The quantitative estimate of drug-likeness (QED) is 0.615. The number of nitrogens with two attached hydrogens (primary N) is 1. The number of hydrogen-bond donors (Lipinski definition) is 2. The maximum absolute atomic E-state index is 10.8. The molecule has 0 aromatic rings. The van der Waals surface area contributed by atoms with Gasteiger partial charge in [0.25, 0.3) is 0 Å². The number of likely N-dealkylation sites (N-methyl/N-ethyl adjacent to an activating group) is 1. The van der Waals surface area contributed by atoms with Crippen LogP contribution in [0.1, 0.15) is 6.92 Å². The highest BCUT2D eigenvalue weighted by molar-refractivity contribution is 5.73. The van der Waals surface area contributed by atoms with Gasteiger partial charge >= 0.3 is 5.97 Å². The van der Waals surface area contributed by atoms with E-state index in [1.54, 1.807) is 6.92 Å². The molecule has 1 heterocycles. The number of nitrogens with zero attached hydrogens (tertiary/aromatic N) is 2. The first-order chi connectivity index (χ1) is 6.56. The topological polar surface area (TPSA) is 69.8 Å². The summed E-state index contributed by atoms with van der Waals surface area (Å²) in [7, 11) is 2.03. The average molecular weight is 201 g/mol. The molecule has 0 saturated carbocycles. The minimum absolute atomic E-state index is 0.167. The van der Waals surface area contributed by atoms with Crippen molar-refractivity contribution in [1.82, 2.24) is 9.80 Å². The lowest BCUT2D eigenvalue weighted by Gasteiger charge is -2.41. The minimum atomic E-state index is -0.770. The molecule has 82 valence electrons. The molecule has 1 aliphatic rings. The number of aliphatic carboxylic acids is 1. The third-order valence-corrected chi connectivity index (χ3v) is 2.86. The second kappa shape index (κ2) is 4.72. The summed E-state index contributed by atoms with van der Waals surface area (Å²) < 4.78 is 0. The van der Waals surface area contributed by atoms with Gasteiger partial charge in [0, 0.05) is 32.2 Å². The molecule has 2 atom stereocenters. The first kappa shape index (κ1) is 11.4. The maximum atomic E-state index is 10.8. The molecule has 2 unspecified atom stereocenters. The summed E-state index contributed by atoms with van der Waals surface area (Å²) in [5.41, 5.74) is 5.63. The Kier molecular flexibility index (Phi) is 3.86. The lowest BCUT2D eigenvalue weighted by atomic mass is 10.1. The van der Waals surface area contributed by atoms with Crippen LogP contribution in [0.3, 0.4) is 0 Å². The van der Waals surface area contributed by atoms with Crippen molar-refractivity contribution < 1.29 is 9.90 Å². The van der Waals surface area contributed by atoms with Crippen LogP contribution in [0.4, 0.5) is 0 Å². The van der Waals surface area contributed by atoms with Crippen molar-refractivity contribution in [3.63, 3.8) is 0 Å². The van der Waals surface area contributed by atoms with E-state index in [9.17, 15) is 4.79 Å². The molecular formula is C9H19N3O2. The van der Waals surface area contributed by atoms with E-state index in [2.05, 4.69) is 4.90 Å². The van der Waals surface area contributed by atoms with E-state index in [0.29, 0.717) is 6.54 Å². The Morgan fingerprint density at radius 2 is 2.29 bits per heavy atom. The van der Waals surface area contributed by atoms with E-state index in [4.69, 9.17) is 10.8 Å². The third kappa shape index (κ3) is 2.43. The van der Waals surface area contributed by atoms with Crippen LogP contribution in [0.2, 0.25) is 0 Å². The number of rotatable bonds is 3. The average Bonchev–Trinajstić information content (AvgIpc) is 2.16. The molecule has 1 rings (SSSR count). The number of carboxylic acids is 1. The summed E-state index contributed by atoms with van der Waals surface area (Å²) in [5.74, 6) is -0.770. The number of carboxylic acid groups (broad SMARTS) is 1. The second-order valence-corrected chi connectivity index (χ2v) is 3.90. The van der Waals surface area contributed by atoms with Gasteiger partial charge in [-0.25, -0.2) is 0 Å². The van der Waals surface area contributed by atoms with Gasteiger partial charge in [-0.3, -0.25) is 9.69 Å². The SMILES string of the molecule is CC(C(=O)O)N1CCN(C)CC1CN. The van der Waals surface area contributed by atoms with Gasteiger partial charge in [-0.2, -0.15) is 0 Å². The van der Waals surface area contributed by atoms with Crippen LogP contribution < -0.4 is 5.73 Å². The standard InChI is InChI=1S/C9H19N3O2/c1-7(9(13)14)12-4-3-11(2)6-8(12)5-10/h7-8H,3-6,10H2,1-2H3,(H,13,14). The Hall–Kier alpha value is -0.650. The van der Waals surface area contributed by atoms with Crippen molar-refractivity contribution in [1.29, 1.82) is 0 Å². The molecule has 1 aliphatic heterocycles. The molecule has 0 aromatic carbocycles. The number of hydrogen-bond acceptors (Lipinski definition) is 4. The van der Waals surface area contributed by atoms with E-state index in [-0.39, 0.29) is 6.04 Å². The zero-order chi connectivity index (χ0) is 10.7. The molecule has 1 fully saturated rings. The van der Waals surface area contributed by atoms with Crippen molar-refractivity contribution in [2.45, 2.75) is 19.0 Å². The molecule has 1 saturated heterocycles. The molecule has 0 bridgehead atoms. The Labute approximate surface area is 84.5 Å². The highest BCUT2D eigenvalue weighted by atomic mass is 16.4. The molecule has 0 aromatic heterocycles. The van der Waals surface area contributed by atoms with Crippen molar-refractivity contribution in [3.05, 3.63) is 0 Å². The monoisotopic (exact) mass is 201 g/mol. The van der Waals surface area contributed by atoms with Gasteiger partial charge in [-0.05, 0) is 14.0 Å². The van der Waals surface area contributed by atoms with Crippen LogP contribution in [0.25, 0.3) is 0 Å². The Morgan fingerprint density at radius 1 is 1.64 bits per heavy atom. The fraction of sp³-hybridized carbons (Fsp3) is 0.889. The number of carbonyl (C=O) groups is 1. The molecule has 5 heteroatoms. The fourth-order valence-corrected chi connectivity index (χ4v) is 1.89. The fourth-order valence-electron chi connectivity index (χ4n) is 1.89. The summed E-state index contributed by atoms with van der Waals surface area (Å²) in [4.78, 5) is 15.0. The summed E-state index contributed by atoms with van der Waals surface area (Å²) >= 11 is 0. The van der Waals surface area contributed by atoms with Crippen molar-refractivity contribution in [2.24, 2.45) is 5.73 Å². The van der Waals surface area contributed by atoms with Crippen LogP contribution in [0, 0.1) is 0 Å². The van der Waals surface area contributed by atoms with Crippen LogP contribution in [0.5, 0.6) is 0 Å². The zero-order valence-electron chi connectivity index (χ0n) is 8.81. The van der Waals surface area contributed by atoms with Crippen molar-refractivity contribution >= 4 is 5.97 Å². The predicted octanol–water partition coefficient (Wildman–Crippen LogP) is -0.966. The van der Waals surface area contributed by atoms with Gasteiger partial charge in [0.05, 0.1) is 0 Å². The van der Waals surface area contributed by atoms with E-state index >= 15 is 0 Å². The highest BCUT2D eigenvalue weighted by Crippen LogP contribution is 2.11. The summed E-state index contributed by atoms with van der Waals surface area (Å²) in [6.45, 7) is 4.78. The Morgan fingerprint density at radius 3 is 2.79 bits per heavy atom. The summed E-state index contributed by atoms with van der Waals surface area (Å²) in [6, 6.07) is -0.267. The lowest BCUT2D eigenvalue weighted by molar-refractivity contribution is -0.144. The normalized spacial score (nSPS) is 27.5. The molecular weight excluding hydrogens is 182 g/mol. The van der Waals surface area contributed by atoms with Gasteiger partial charge in [0.2, 0.25) is 0 Å². The van der Waals surface area contributed by atoms with E-state index in [0.717, 1.165) is 19.6 Å². The lowest BCUT2D eigenvalue weighted by Crippen LogP contribution is -2.59. The molecule has 5 nitrogen and oxygen atoms in total. The Balaban J connectivity index is 2.62. The zero-order valence-corrected chi connectivity index (χ0v) is 8.81. The minimum Gasteiger partial charge on any atom is -0.480 e. The van der Waals surface area contributed by atoms with E-state index < -0.39 is 12.0 Å². The van der Waals surface area contributed by atoms with Crippen molar-refractivity contribution in [2.75, 3.05) is 33.2 Å². The molecule has 14 heavy (non-hydrogen) atoms. The van der Waals surface area contributed by atoms with Gasteiger partial charge < -0.3 is 15.7 Å². The Bertz CT molecular complexity index is 210. The van der Waals surface area contributed by atoms with Crippen LogP contribution in [-0.4, -0.2) is 66.2 Å². The first-order valence-electron chi connectivity index (χ1n) is 4.93. The van der Waals surface area contributed by atoms with Gasteiger partial charge in [0.1, 0.15) is 6.04 Å². The smallest absolute Gasteiger partial charge is 0.320 e. The van der Waals surface area contributed by atoms with E-state index in [1.807, 2.05) is 11.9 Å². The predicted molar refractivity (Wildman–Crippen MR) is 54.1 cm³/mol. The van der Waals surface area contributed by atoms with Crippen LogP contribution in [-0.2, 0) is 4.79 Å².